The van der Waals surface area contributed by atoms with Gasteiger partial charge >= 0.3 is 12.1 Å². The number of nitrogens with zero attached hydrogens (tertiary/aromatic N) is 2. The first-order valence-electron chi connectivity index (χ1n) is 13.3. The first-order chi connectivity index (χ1) is 19.7. The maximum atomic E-state index is 13.1. The first kappa shape index (κ1) is 28.1. The van der Waals surface area contributed by atoms with E-state index in [9.17, 15) is 9.59 Å². The minimum Gasteiger partial charge on any atom is -0.458 e. The van der Waals surface area contributed by atoms with Crippen molar-refractivity contribution in [3.63, 3.8) is 0 Å². The lowest BCUT2D eigenvalue weighted by Crippen LogP contribution is -2.46. The van der Waals surface area contributed by atoms with Crippen LogP contribution in [0.2, 0.25) is 5.28 Å². The highest BCUT2D eigenvalue weighted by atomic mass is 35.5. The Morgan fingerprint density at radius 3 is 2.17 bits per heavy atom. The van der Waals surface area contributed by atoms with E-state index in [1.165, 1.54) is 6.20 Å². The lowest BCUT2D eigenvalue weighted by atomic mass is 9.98. The van der Waals surface area contributed by atoms with Crippen molar-refractivity contribution in [3.05, 3.63) is 107 Å². The number of rotatable bonds is 8. The standard InChI is InChI=1S/C32H30ClN3O5/c1-32(2,3)41-29(37)27(18-20-12-14-21(15-13-20)40-28-16-17-34-30(33)36-28)35-31(38)39-19-26-24-10-6-4-8-22(24)23-9-5-7-11-25(23)26/h4-17,26-27H,18-19H2,1-3H3,(H,35,38)/t27-/m0/s1. The van der Waals surface area contributed by atoms with Gasteiger partial charge in [-0.1, -0.05) is 60.7 Å². The van der Waals surface area contributed by atoms with Gasteiger partial charge in [-0.05, 0) is 72.3 Å². The fourth-order valence-corrected chi connectivity index (χ4v) is 4.91. The molecule has 5 rings (SSSR count). The summed E-state index contributed by atoms with van der Waals surface area (Å²) in [7, 11) is 0. The molecule has 9 heteroatoms. The second-order valence-corrected chi connectivity index (χ2v) is 11.0. The van der Waals surface area contributed by atoms with Crippen LogP contribution in [0.4, 0.5) is 4.79 Å². The van der Waals surface area contributed by atoms with E-state index < -0.39 is 23.7 Å². The smallest absolute Gasteiger partial charge is 0.407 e. The van der Waals surface area contributed by atoms with E-state index in [0.717, 1.165) is 27.8 Å². The van der Waals surface area contributed by atoms with Crippen molar-refractivity contribution in [2.45, 2.75) is 44.8 Å². The van der Waals surface area contributed by atoms with E-state index in [4.69, 9.17) is 25.8 Å². The summed E-state index contributed by atoms with van der Waals surface area (Å²) < 4.78 is 17.0. The third-order valence-electron chi connectivity index (χ3n) is 6.51. The normalized spacial score (nSPS) is 13.1. The third-order valence-corrected chi connectivity index (χ3v) is 6.70. The molecule has 41 heavy (non-hydrogen) atoms. The van der Waals surface area contributed by atoms with Gasteiger partial charge in [-0.2, -0.15) is 4.98 Å². The molecule has 1 aliphatic carbocycles. The van der Waals surface area contributed by atoms with Crippen LogP contribution in [0.5, 0.6) is 11.6 Å². The van der Waals surface area contributed by atoms with Gasteiger partial charge in [-0.3, -0.25) is 0 Å². The fourth-order valence-electron chi connectivity index (χ4n) is 4.78. The predicted molar refractivity (Wildman–Crippen MR) is 155 cm³/mol. The van der Waals surface area contributed by atoms with Crippen molar-refractivity contribution in [1.29, 1.82) is 0 Å². The van der Waals surface area contributed by atoms with Gasteiger partial charge in [0.15, 0.2) is 0 Å². The van der Waals surface area contributed by atoms with Crippen LogP contribution in [0.1, 0.15) is 43.4 Å². The van der Waals surface area contributed by atoms with Crippen LogP contribution >= 0.6 is 11.6 Å². The highest BCUT2D eigenvalue weighted by Crippen LogP contribution is 2.44. The monoisotopic (exact) mass is 571 g/mol. The van der Waals surface area contributed by atoms with Crippen molar-refractivity contribution in [3.8, 4) is 22.8 Å². The molecule has 0 saturated heterocycles. The highest BCUT2D eigenvalue weighted by Gasteiger charge is 2.31. The van der Waals surface area contributed by atoms with Crippen LogP contribution in [0.25, 0.3) is 11.1 Å². The fraction of sp³-hybridized carbons (Fsp3) is 0.250. The molecule has 3 aromatic carbocycles. The van der Waals surface area contributed by atoms with Crippen LogP contribution in [-0.2, 0) is 20.7 Å². The maximum absolute atomic E-state index is 13.1. The van der Waals surface area contributed by atoms with Gasteiger partial charge in [-0.15, -0.1) is 0 Å². The lowest BCUT2D eigenvalue weighted by molar-refractivity contribution is -0.157. The average Bonchev–Trinajstić information content (AvgIpc) is 3.25. The molecule has 1 heterocycles. The minimum atomic E-state index is -0.961. The maximum Gasteiger partial charge on any atom is 0.407 e. The van der Waals surface area contributed by atoms with Crippen molar-refractivity contribution in [1.82, 2.24) is 15.3 Å². The molecule has 1 N–H and O–H groups in total. The number of fused-ring (bicyclic) bond motifs is 3. The largest absolute Gasteiger partial charge is 0.458 e. The number of alkyl carbamates (subject to hydrolysis) is 1. The van der Waals surface area contributed by atoms with Gasteiger partial charge < -0.3 is 19.5 Å². The van der Waals surface area contributed by atoms with Crippen molar-refractivity contribution >= 4 is 23.7 Å². The third kappa shape index (κ3) is 7.02. The number of halogens is 1. The summed E-state index contributed by atoms with van der Waals surface area (Å²) in [5.74, 6) is 0.190. The van der Waals surface area contributed by atoms with Crippen LogP contribution in [0.15, 0.2) is 85.1 Å². The Labute approximate surface area is 243 Å². The topological polar surface area (TPSA) is 99.6 Å². The molecule has 0 spiro atoms. The Kier molecular flexibility index (Phi) is 8.21. The number of nitrogens with one attached hydrogen (secondary N) is 1. The van der Waals surface area contributed by atoms with Gasteiger partial charge in [0.1, 0.15) is 24.0 Å². The van der Waals surface area contributed by atoms with Crippen molar-refractivity contribution in [2.75, 3.05) is 6.61 Å². The number of carbonyl (C=O) groups is 2. The number of ether oxygens (including phenoxy) is 3. The molecule has 1 atom stereocenters. The zero-order valence-electron chi connectivity index (χ0n) is 23.0. The first-order valence-corrected chi connectivity index (χ1v) is 13.6. The molecule has 0 saturated carbocycles. The van der Waals surface area contributed by atoms with Crippen molar-refractivity contribution < 1.29 is 23.8 Å². The number of carbonyl (C=O) groups excluding carboxylic acids is 2. The average molecular weight is 572 g/mol. The minimum absolute atomic E-state index is 0.0821. The van der Waals surface area contributed by atoms with Crippen LogP contribution in [0.3, 0.4) is 0 Å². The van der Waals surface area contributed by atoms with E-state index in [-0.39, 0.29) is 24.2 Å². The van der Waals surface area contributed by atoms with Gasteiger partial charge in [0, 0.05) is 24.6 Å². The number of hydrogen-bond donors (Lipinski definition) is 1. The number of hydrogen-bond acceptors (Lipinski definition) is 7. The number of benzene rings is 3. The van der Waals surface area contributed by atoms with Gasteiger partial charge in [0.25, 0.3) is 0 Å². The van der Waals surface area contributed by atoms with E-state index in [1.54, 1.807) is 51.1 Å². The second-order valence-electron chi connectivity index (χ2n) is 10.7. The van der Waals surface area contributed by atoms with Crippen LogP contribution < -0.4 is 10.1 Å². The summed E-state index contributed by atoms with van der Waals surface area (Å²) in [6.07, 6.45) is 1.00. The summed E-state index contributed by atoms with van der Waals surface area (Å²) in [6.45, 7) is 5.47. The second kappa shape index (κ2) is 12.0. The molecular weight excluding hydrogens is 542 g/mol. The van der Waals surface area contributed by atoms with Gasteiger partial charge in [0.05, 0.1) is 0 Å². The molecule has 1 aliphatic rings. The molecule has 8 nitrogen and oxygen atoms in total. The zero-order chi connectivity index (χ0) is 29.0. The zero-order valence-corrected chi connectivity index (χ0v) is 23.7. The molecule has 0 unspecified atom stereocenters. The molecule has 0 radical (unpaired) electrons. The van der Waals surface area contributed by atoms with Crippen molar-refractivity contribution in [2.24, 2.45) is 0 Å². The Morgan fingerprint density at radius 1 is 0.927 bits per heavy atom. The molecule has 0 bridgehead atoms. The molecule has 0 fully saturated rings. The summed E-state index contributed by atoms with van der Waals surface area (Å²) in [4.78, 5) is 33.9. The van der Waals surface area contributed by atoms with E-state index >= 15 is 0 Å². The quantitative estimate of drug-likeness (QED) is 0.185. The summed E-state index contributed by atoms with van der Waals surface area (Å²) in [6, 6.07) is 23.9. The number of amides is 1. The molecule has 1 amide bonds. The van der Waals surface area contributed by atoms with Crippen LogP contribution in [0, 0.1) is 0 Å². The Balaban J connectivity index is 1.26. The molecule has 210 valence electrons. The Morgan fingerprint density at radius 2 is 1.56 bits per heavy atom. The van der Waals surface area contributed by atoms with Crippen LogP contribution in [-0.4, -0.2) is 40.3 Å². The van der Waals surface area contributed by atoms with E-state index in [0.29, 0.717) is 11.6 Å². The Hall–Kier alpha value is -4.43. The summed E-state index contributed by atoms with van der Waals surface area (Å²) >= 11 is 5.82. The number of aromatic nitrogens is 2. The summed E-state index contributed by atoms with van der Waals surface area (Å²) in [5.41, 5.74) is 4.55. The Bertz CT molecular complexity index is 1510. The van der Waals surface area contributed by atoms with E-state index in [2.05, 4.69) is 39.6 Å². The summed E-state index contributed by atoms with van der Waals surface area (Å²) in [5, 5.41) is 2.80. The molecule has 1 aromatic heterocycles. The van der Waals surface area contributed by atoms with Gasteiger partial charge in [0.2, 0.25) is 11.2 Å². The number of esters is 1. The predicted octanol–water partition coefficient (Wildman–Crippen LogP) is 6.71. The highest BCUT2D eigenvalue weighted by molar-refractivity contribution is 6.28. The molecule has 4 aromatic rings. The van der Waals surface area contributed by atoms with E-state index in [1.807, 2.05) is 24.3 Å². The SMILES string of the molecule is CC(C)(C)OC(=O)[C@H](Cc1ccc(Oc2ccnc(Cl)n2)cc1)NC(=O)OCC1c2ccccc2-c2ccccc21. The molecular formula is C32H30ClN3O5. The lowest BCUT2D eigenvalue weighted by Gasteiger charge is -2.25. The van der Waals surface area contributed by atoms with Gasteiger partial charge in [-0.25, -0.2) is 14.6 Å². The molecule has 0 aliphatic heterocycles.